The predicted molar refractivity (Wildman–Crippen MR) is 21.4 cm³/mol. The van der Waals surface area contributed by atoms with Gasteiger partial charge in [0, 0.05) is 21.1 Å². The number of hydrogen-bond donors (Lipinski definition) is 3. The van der Waals surface area contributed by atoms with E-state index < -0.39 is 7.82 Å². The van der Waals surface area contributed by atoms with E-state index in [0.29, 0.717) is 0 Å². The van der Waals surface area contributed by atoms with Crippen LogP contribution >= 0.6 is 7.82 Å². The molecular weight excluding hydrogens is 318 g/mol. The van der Waals surface area contributed by atoms with Crippen LogP contribution in [0.5, 0.6) is 0 Å². The van der Waals surface area contributed by atoms with Gasteiger partial charge in [0.05, 0.1) is 0 Å². The van der Waals surface area contributed by atoms with Crippen LogP contribution in [0, 0.1) is 0 Å². The van der Waals surface area contributed by atoms with Crippen molar-refractivity contribution in [3.8, 4) is 0 Å². The van der Waals surface area contributed by atoms with Gasteiger partial charge in [0.15, 0.2) is 0 Å². The standard InChI is InChI=1S/K.H3O4P.W.H/c;1-5(2,3)4;;/h;(H3,1,2,3,4);;. The molecule has 0 aromatic rings. The smallest absolute Gasteiger partial charge is 0 e. The Morgan fingerprint density at radius 1 is 1.14 bits per heavy atom. The zero-order chi connectivity index (χ0) is 4.50. The SMILES string of the molecule is O=P(O)(O)O.[KH].[W]. The summed E-state index contributed by atoms with van der Waals surface area (Å²) in [5, 5.41) is 0. The van der Waals surface area contributed by atoms with Crippen molar-refractivity contribution in [1.82, 2.24) is 0 Å². The summed E-state index contributed by atoms with van der Waals surface area (Å²) in [4.78, 5) is 21.6. The summed E-state index contributed by atoms with van der Waals surface area (Å²) in [5.74, 6) is 0. The van der Waals surface area contributed by atoms with Crippen molar-refractivity contribution in [2.45, 2.75) is 0 Å². The Hall–Kier alpha value is 2.43. The summed E-state index contributed by atoms with van der Waals surface area (Å²) in [5.41, 5.74) is 0. The van der Waals surface area contributed by atoms with Gasteiger partial charge in [0.1, 0.15) is 0 Å². The fourth-order valence-electron chi connectivity index (χ4n) is 0. The Bertz CT molecular complexity index is 57.8. The minimum Gasteiger partial charge on any atom is 0 e. The molecule has 0 amide bonds. The largest absolute Gasteiger partial charge is 0 e. The number of hydrogen-bond acceptors (Lipinski definition) is 1. The molecule has 0 aliphatic carbocycles. The second kappa shape index (κ2) is 6.55. The molecule has 7 heteroatoms. The van der Waals surface area contributed by atoms with Crippen LogP contribution < -0.4 is 0 Å². The van der Waals surface area contributed by atoms with E-state index in [0.717, 1.165) is 0 Å². The molecule has 0 radical (unpaired) electrons. The van der Waals surface area contributed by atoms with E-state index in [1.165, 1.54) is 0 Å². The van der Waals surface area contributed by atoms with Crippen molar-refractivity contribution >= 4 is 59.2 Å². The fraction of sp³-hybridized carbons (Fsp3) is 0. The van der Waals surface area contributed by atoms with Crippen LogP contribution in [0.2, 0.25) is 0 Å². The molecule has 0 spiro atoms. The maximum absolute atomic E-state index is 8.88. The molecule has 0 saturated carbocycles. The minimum atomic E-state index is -4.64. The van der Waals surface area contributed by atoms with Gasteiger partial charge in [-0.1, -0.05) is 0 Å². The Labute approximate surface area is 97.6 Å². The average Bonchev–Trinajstić information content (AvgIpc) is 0.722. The van der Waals surface area contributed by atoms with Crippen molar-refractivity contribution in [3.05, 3.63) is 0 Å². The maximum atomic E-state index is 8.88. The molecule has 0 aliphatic rings. The normalized spacial score (nSPS) is 8.43. The fourth-order valence-corrected chi connectivity index (χ4v) is 0. The van der Waals surface area contributed by atoms with E-state index in [2.05, 4.69) is 0 Å². The Balaban J connectivity index is -0.0000000800. The van der Waals surface area contributed by atoms with E-state index in [1.807, 2.05) is 0 Å². The summed E-state index contributed by atoms with van der Waals surface area (Å²) >= 11 is 0. The molecule has 40 valence electrons. The van der Waals surface area contributed by atoms with Crippen LogP contribution in [0.3, 0.4) is 0 Å². The van der Waals surface area contributed by atoms with Gasteiger partial charge in [-0.3, -0.25) is 0 Å². The Morgan fingerprint density at radius 3 is 1.14 bits per heavy atom. The van der Waals surface area contributed by atoms with E-state index in [9.17, 15) is 0 Å². The summed E-state index contributed by atoms with van der Waals surface area (Å²) < 4.78 is 8.88. The van der Waals surface area contributed by atoms with Crippen LogP contribution in [0.4, 0.5) is 0 Å². The molecule has 3 N–H and O–H groups in total. The van der Waals surface area contributed by atoms with Crippen LogP contribution in [0.15, 0.2) is 0 Å². The van der Waals surface area contributed by atoms with Gasteiger partial charge in [-0.25, -0.2) is 4.57 Å². The zero-order valence-corrected chi connectivity index (χ0v) is 6.43. The van der Waals surface area contributed by atoms with Gasteiger partial charge in [-0.2, -0.15) is 0 Å². The monoisotopic (exact) mass is 322 g/mol. The third-order valence-electron chi connectivity index (χ3n) is 0. The molecule has 0 rings (SSSR count). The second-order valence-corrected chi connectivity index (χ2v) is 1.54. The molecule has 0 fully saturated rings. The van der Waals surface area contributed by atoms with Gasteiger partial charge in [-0.15, -0.1) is 0 Å². The molecule has 0 aromatic heterocycles. The summed E-state index contributed by atoms with van der Waals surface area (Å²) in [6.45, 7) is 0. The van der Waals surface area contributed by atoms with Crippen molar-refractivity contribution in [1.29, 1.82) is 0 Å². The molecule has 0 atom stereocenters. The van der Waals surface area contributed by atoms with Crippen LogP contribution in [0.25, 0.3) is 0 Å². The molecular formula is H4KO4PW. The topological polar surface area (TPSA) is 77.8 Å². The van der Waals surface area contributed by atoms with E-state index >= 15 is 0 Å². The van der Waals surface area contributed by atoms with Gasteiger partial charge < -0.3 is 14.7 Å². The van der Waals surface area contributed by atoms with Crippen LogP contribution in [-0.4, -0.2) is 66.1 Å². The van der Waals surface area contributed by atoms with Gasteiger partial charge in [0.2, 0.25) is 0 Å². The first-order valence-electron chi connectivity index (χ1n) is 0.783. The molecule has 0 heterocycles. The Kier molecular flexibility index (Phi) is 15.2. The molecule has 0 saturated heterocycles. The van der Waals surface area contributed by atoms with Crippen molar-refractivity contribution < 1.29 is 40.3 Å². The predicted octanol–water partition coefficient (Wildman–Crippen LogP) is -1.58. The van der Waals surface area contributed by atoms with Crippen LogP contribution in [-0.2, 0) is 25.6 Å². The zero-order valence-electron chi connectivity index (χ0n) is 2.61. The summed E-state index contributed by atoms with van der Waals surface area (Å²) in [6.07, 6.45) is 0. The first-order valence-corrected chi connectivity index (χ1v) is 2.35. The average molecular weight is 322 g/mol. The summed E-state index contributed by atoms with van der Waals surface area (Å²) in [6, 6.07) is 0. The molecule has 0 bridgehead atoms. The molecule has 0 unspecified atom stereocenters. The molecule has 0 aliphatic heterocycles. The van der Waals surface area contributed by atoms with E-state index in [-0.39, 0.29) is 72.4 Å². The van der Waals surface area contributed by atoms with Crippen molar-refractivity contribution in [2.24, 2.45) is 0 Å². The first kappa shape index (κ1) is 16.2. The van der Waals surface area contributed by atoms with Gasteiger partial charge in [-0.05, 0) is 0 Å². The second-order valence-electron chi connectivity index (χ2n) is 0.513. The number of phosphoric acid groups is 1. The van der Waals surface area contributed by atoms with Crippen molar-refractivity contribution in [2.75, 3.05) is 0 Å². The van der Waals surface area contributed by atoms with E-state index in [1.54, 1.807) is 0 Å². The number of rotatable bonds is 0. The third kappa shape index (κ3) is 58.9. The van der Waals surface area contributed by atoms with Gasteiger partial charge >= 0.3 is 59.2 Å². The summed E-state index contributed by atoms with van der Waals surface area (Å²) in [7, 11) is -4.64. The van der Waals surface area contributed by atoms with E-state index in [4.69, 9.17) is 19.2 Å². The Morgan fingerprint density at radius 2 is 1.14 bits per heavy atom. The van der Waals surface area contributed by atoms with Gasteiger partial charge in [0.25, 0.3) is 0 Å². The molecule has 0 aromatic carbocycles. The molecule has 4 nitrogen and oxygen atoms in total. The van der Waals surface area contributed by atoms with Crippen molar-refractivity contribution in [3.63, 3.8) is 0 Å². The third-order valence-corrected chi connectivity index (χ3v) is 0. The quantitative estimate of drug-likeness (QED) is 0.372. The molecule has 7 heavy (non-hydrogen) atoms. The minimum absolute atomic E-state index is 0. The maximum Gasteiger partial charge on any atom is 0 e. The van der Waals surface area contributed by atoms with Crippen LogP contribution in [0.1, 0.15) is 0 Å². The first-order chi connectivity index (χ1) is 2.00.